The number of aryl methyl sites for hydroxylation is 6. The standard InChI is InChI=1S/C26H35N3O2.2ClH.Fe/c1-15-11-17(3)23(18(4)12-15)27-21(7)25(30-9)29-26(31-10)22(8)28-24-19(5)13-16(2)14-20(24)6;;;/h11-14,25H,1-10H3;2*1H;/q;;;+2/p-2/b27-21?,28-22?,29-26+;;;. The Kier molecular flexibility index (Phi) is 13.1. The maximum atomic E-state index is 5.63. The molecule has 0 N–H and O–H groups in total. The minimum atomic E-state index is -0.569. The van der Waals surface area contributed by atoms with Crippen LogP contribution < -0.4 is 0 Å². The van der Waals surface area contributed by atoms with Crippen LogP contribution in [0.15, 0.2) is 39.2 Å². The summed E-state index contributed by atoms with van der Waals surface area (Å²) < 4.78 is 11.2. The Labute approximate surface area is 219 Å². The number of ether oxygens (including phenoxy) is 2. The van der Waals surface area contributed by atoms with E-state index >= 15 is 0 Å². The van der Waals surface area contributed by atoms with Crippen molar-refractivity contribution in [3.63, 3.8) is 0 Å². The zero-order valence-corrected chi connectivity index (χ0v) is 24.3. The normalized spacial score (nSPS) is 13.5. The molecule has 0 fully saturated rings. The Balaban J connectivity index is 0.00000182. The Morgan fingerprint density at radius 2 is 1.15 bits per heavy atom. The molecule has 0 aromatic heterocycles. The molecular formula is C26H35Cl2FeN3O2. The van der Waals surface area contributed by atoms with Gasteiger partial charge in [-0.15, -0.1) is 0 Å². The van der Waals surface area contributed by atoms with Gasteiger partial charge in [-0.05, 0) is 77.6 Å². The Hall–Kier alpha value is -1.69. The van der Waals surface area contributed by atoms with Crippen LogP contribution in [0, 0.1) is 41.5 Å². The van der Waals surface area contributed by atoms with Gasteiger partial charge in [-0.3, -0.25) is 4.99 Å². The van der Waals surface area contributed by atoms with Gasteiger partial charge in [0.2, 0.25) is 5.90 Å². The minimum absolute atomic E-state index is 0.194. The number of benzene rings is 2. The first-order valence-electron chi connectivity index (χ1n) is 10.7. The first-order chi connectivity index (χ1) is 16.0. The van der Waals surface area contributed by atoms with Crippen LogP contribution in [0.2, 0.25) is 0 Å². The molecule has 0 aliphatic rings. The molecule has 0 saturated carbocycles. The summed E-state index contributed by atoms with van der Waals surface area (Å²) in [6.45, 7) is 16.3. The van der Waals surface area contributed by atoms with Crippen molar-refractivity contribution in [2.24, 2.45) is 15.0 Å². The van der Waals surface area contributed by atoms with E-state index in [1.165, 1.54) is 11.1 Å². The predicted molar refractivity (Wildman–Crippen MR) is 144 cm³/mol. The van der Waals surface area contributed by atoms with E-state index < -0.39 is 6.23 Å². The fourth-order valence-corrected chi connectivity index (χ4v) is 3.86. The van der Waals surface area contributed by atoms with E-state index in [0.717, 1.165) is 39.3 Å². The van der Waals surface area contributed by atoms with Crippen molar-refractivity contribution in [3.8, 4) is 0 Å². The Morgan fingerprint density at radius 3 is 1.50 bits per heavy atom. The van der Waals surface area contributed by atoms with Crippen molar-refractivity contribution >= 4 is 48.9 Å². The van der Waals surface area contributed by atoms with Gasteiger partial charge in [-0.25, -0.2) is 9.98 Å². The summed E-state index contributed by atoms with van der Waals surface area (Å²) in [4.78, 5) is 14.3. The fourth-order valence-electron chi connectivity index (χ4n) is 3.86. The van der Waals surface area contributed by atoms with Gasteiger partial charge >= 0.3 is 33.3 Å². The molecule has 2 aromatic rings. The van der Waals surface area contributed by atoms with Gasteiger partial charge in [0.25, 0.3) is 0 Å². The molecule has 0 aliphatic carbocycles. The number of hydrogen-bond donors (Lipinski definition) is 0. The maximum absolute atomic E-state index is 5.63. The first-order valence-corrected chi connectivity index (χ1v) is 13.8. The zero-order valence-electron chi connectivity index (χ0n) is 21.7. The van der Waals surface area contributed by atoms with Gasteiger partial charge in [0.15, 0.2) is 6.23 Å². The van der Waals surface area contributed by atoms with Crippen LogP contribution in [0.3, 0.4) is 0 Å². The summed E-state index contributed by atoms with van der Waals surface area (Å²) in [5.74, 6) is 0.429. The van der Waals surface area contributed by atoms with Gasteiger partial charge in [0, 0.05) is 7.11 Å². The van der Waals surface area contributed by atoms with E-state index in [9.17, 15) is 0 Å². The number of aliphatic imine (C=N–C) groups is 3. The monoisotopic (exact) mass is 547 g/mol. The summed E-state index contributed by atoms with van der Waals surface area (Å²) in [6, 6.07) is 8.52. The number of hydrogen-bond acceptors (Lipinski definition) is 5. The molecule has 0 heterocycles. The van der Waals surface area contributed by atoms with Crippen LogP contribution in [0.4, 0.5) is 11.4 Å². The van der Waals surface area contributed by atoms with Crippen LogP contribution >= 0.6 is 20.2 Å². The summed E-state index contributed by atoms with van der Waals surface area (Å²) in [7, 11) is 12.7. The summed E-state index contributed by atoms with van der Waals surface area (Å²) in [5, 5.41) is 0. The van der Waals surface area contributed by atoms with Crippen molar-refractivity contribution < 1.29 is 22.6 Å². The molecule has 1 atom stereocenters. The van der Waals surface area contributed by atoms with E-state index in [1.54, 1.807) is 14.2 Å². The number of methoxy groups -OCH3 is 2. The van der Waals surface area contributed by atoms with Gasteiger partial charge in [0.1, 0.15) is 0 Å². The molecule has 2 rings (SSSR count). The van der Waals surface area contributed by atoms with Gasteiger partial charge < -0.3 is 9.47 Å². The van der Waals surface area contributed by atoms with Crippen molar-refractivity contribution in [3.05, 3.63) is 57.6 Å². The van der Waals surface area contributed by atoms with Crippen LogP contribution in [0.5, 0.6) is 0 Å². The van der Waals surface area contributed by atoms with E-state index in [-0.39, 0.29) is 13.1 Å². The van der Waals surface area contributed by atoms with Crippen molar-refractivity contribution in [2.45, 2.75) is 61.6 Å². The van der Waals surface area contributed by atoms with Crippen LogP contribution in [-0.2, 0) is 22.6 Å². The average molecular weight is 548 g/mol. The molecule has 34 heavy (non-hydrogen) atoms. The predicted octanol–water partition coefficient (Wildman–Crippen LogP) is 7.82. The summed E-state index contributed by atoms with van der Waals surface area (Å²) >= 11 is 0.194. The van der Waals surface area contributed by atoms with Crippen molar-refractivity contribution in [2.75, 3.05) is 14.2 Å². The quantitative estimate of drug-likeness (QED) is 0.210. The van der Waals surface area contributed by atoms with E-state index in [1.807, 2.05) is 13.8 Å². The Bertz CT molecular complexity index is 1040. The molecule has 0 aliphatic heterocycles. The topological polar surface area (TPSA) is 55.5 Å². The molecule has 8 heteroatoms. The van der Waals surface area contributed by atoms with Crippen molar-refractivity contribution in [1.82, 2.24) is 0 Å². The second-order valence-electron chi connectivity index (χ2n) is 8.22. The molecule has 188 valence electrons. The van der Waals surface area contributed by atoms with E-state index in [0.29, 0.717) is 11.6 Å². The molecule has 2 aromatic carbocycles. The number of nitrogens with zero attached hydrogens (tertiary/aromatic N) is 3. The second kappa shape index (κ2) is 14.7. The van der Waals surface area contributed by atoms with Crippen LogP contribution in [0.25, 0.3) is 0 Å². The number of rotatable bonds is 6. The third-order valence-corrected chi connectivity index (χ3v) is 5.16. The number of halogens is 2. The fraction of sp³-hybridized carbons (Fsp3) is 0.423. The molecule has 5 nitrogen and oxygen atoms in total. The average Bonchev–Trinajstić information content (AvgIpc) is 2.74. The third-order valence-electron chi connectivity index (χ3n) is 5.16. The molecule has 0 amide bonds. The van der Waals surface area contributed by atoms with Gasteiger partial charge in [-0.1, -0.05) is 35.4 Å². The molecule has 1 unspecified atom stereocenters. The summed E-state index contributed by atoms with van der Waals surface area (Å²) in [5.41, 5.74) is 10.3. The van der Waals surface area contributed by atoms with Gasteiger partial charge in [0.05, 0.1) is 29.9 Å². The van der Waals surface area contributed by atoms with Crippen molar-refractivity contribution in [1.29, 1.82) is 0 Å². The van der Waals surface area contributed by atoms with Crippen LogP contribution in [-0.4, -0.2) is 37.8 Å². The molecule has 0 radical (unpaired) electrons. The molecule has 0 spiro atoms. The molecular weight excluding hydrogens is 513 g/mol. The molecule has 0 bridgehead atoms. The third kappa shape index (κ3) is 8.83. The second-order valence-corrected chi connectivity index (χ2v) is 10.0. The van der Waals surface area contributed by atoms with E-state index in [4.69, 9.17) is 39.7 Å². The first kappa shape index (κ1) is 30.3. The summed E-state index contributed by atoms with van der Waals surface area (Å²) in [6.07, 6.45) is -0.569. The SMILES string of the molecule is CO/C(=N/C(OC)C(C)=Nc1c(C)cc(C)cc1C)C(C)=Nc1c(C)cc(C)cc1C.[Cl][Fe][Cl]. The zero-order chi connectivity index (χ0) is 26.0. The van der Waals surface area contributed by atoms with Crippen LogP contribution in [0.1, 0.15) is 47.2 Å². The van der Waals surface area contributed by atoms with Gasteiger partial charge in [-0.2, -0.15) is 0 Å². The Morgan fingerprint density at radius 1 is 0.765 bits per heavy atom. The molecule has 0 saturated heterocycles. The van der Waals surface area contributed by atoms with E-state index in [2.05, 4.69) is 70.8 Å².